The molecule has 1 N–H and O–H groups in total. The molecular formula is C19H12FN3O5. The third-order valence-electron chi connectivity index (χ3n) is 3.86. The molecule has 140 valence electrons. The number of barbiturate groups is 1. The molecule has 1 aliphatic heterocycles. The van der Waals surface area contributed by atoms with E-state index in [1.54, 1.807) is 6.07 Å². The van der Waals surface area contributed by atoms with Gasteiger partial charge in [-0.2, -0.15) is 0 Å². The summed E-state index contributed by atoms with van der Waals surface area (Å²) in [5, 5.41) is 13.0. The van der Waals surface area contributed by atoms with Crippen LogP contribution in [0.25, 0.3) is 6.08 Å². The van der Waals surface area contributed by atoms with Crippen molar-refractivity contribution in [2.24, 2.45) is 0 Å². The molecule has 1 heterocycles. The number of carbonyl (C=O) groups is 3. The minimum Gasteiger partial charge on any atom is -0.273 e. The Morgan fingerprint density at radius 3 is 2.39 bits per heavy atom. The summed E-state index contributed by atoms with van der Waals surface area (Å²) in [7, 11) is 0. The number of imide groups is 2. The second-order valence-corrected chi connectivity index (χ2v) is 5.63. The normalized spacial score (nSPS) is 16.0. The summed E-state index contributed by atoms with van der Waals surface area (Å²) in [6.45, 7) is 0. The van der Waals surface area contributed by atoms with Gasteiger partial charge in [0.1, 0.15) is 11.4 Å². The van der Waals surface area contributed by atoms with Crippen molar-refractivity contribution in [2.75, 3.05) is 4.90 Å². The quantitative estimate of drug-likeness (QED) is 0.379. The fraction of sp³-hybridized carbons (Fsp3) is 0. The highest BCUT2D eigenvalue weighted by atomic mass is 19.1. The molecule has 4 amide bonds. The number of nitrogens with one attached hydrogen (secondary N) is 1. The predicted molar refractivity (Wildman–Crippen MR) is 97.6 cm³/mol. The van der Waals surface area contributed by atoms with Gasteiger partial charge in [-0.3, -0.25) is 25.0 Å². The number of nitro benzene ring substituents is 1. The fourth-order valence-electron chi connectivity index (χ4n) is 2.54. The minimum atomic E-state index is -0.957. The molecule has 2 aromatic rings. The summed E-state index contributed by atoms with van der Waals surface area (Å²) in [4.78, 5) is 47.8. The number of hydrogen-bond donors (Lipinski definition) is 1. The van der Waals surface area contributed by atoms with Crippen molar-refractivity contribution in [3.8, 4) is 0 Å². The van der Waals surface area contributed by atoms with Crippen LogP contribution in [0.2, 0.25) is 0 Å². The maximum absolute atomic E-state index is 13.1. The van der Waals surface area contributed by atoms with E-state index < -0.39 is 28.6 Å². The number of nitro groups is 1. The van der Waals surface area contributed by atoms with Gasteiger partial charge in [0.2, 0.25) is 0 Å². The highest BCUT2D eigenvalue weighted by Gasteiger charge is 2.36. The average Bonchev–Trinajstić information content (AvgIpc) is 2.66. The summed E-state index contributed by atoms with van der Waals surface area (Å²) in [5.41, 5.74) is -0.122. The predicted octanol–water partition coefficient (Wildman–Crippen LogP) is 2.96. The summed E-state index contributed by atoms with van der Waals surface area (Å²) < 4.78 is 13.1. The summed E-state index contributed by atoms with van der Waals surface area (Å²) in [6, 6.07) is 9.58. The highest BCUT2D eigenvalue weighted by Crippen LogP contribution is 2.22. The molecule has 2 aromatic carbocycles. The van der Waals surface area contributed by atoms with Gasteiger partial charge in [-0.05, 0) is 42.5 Å². The van der Waals surface area contributed by atoms with Crippen molar-refractivity contribution >= 4 is 35.3 Å². The molecule has 0 bridgehead atoms. The second-order valence-electron chi connectivity index (χ2n) is 5.63. The van der Waals surface area contributed by atoms with Crippen LogP contribution in [0.5, 0.6) is 0 Å². The maximum atomic E-state index is 13.1. The molecule has 1 aliphatic rings. The van der Waals surface area contributed by atoms with Crippen molar-refractivity contribution in [2.45, 2.75) is 0 Å². The van der Waals surface area contributed by atoms with Gasteiger partial charge in [-0.25, -0.2) is 14.1 Å². The summed E-state index contributed by atoms with van der Waals surface area (Å²) in [6.07, 6.45) is 3.81. The van der Waals surface area contributed by atoms with Crippen LogP contribution in [-0.2, 0) is 9.59 Å². The number of halogens is 1. The van der Waals surface area contributed by atoms with Crippen LogP contribution in [-0.4, -0.2) is 22.8 Å². The van der Waals surface area contributed by atoms with Gasteiger partial charge in [0.25, 0.3) is 17.5 Å². The van der Waals surface area contributed by atoms with Crippen LogP contribution >= 0.6 is 0 Å². The number of para-hydroxylation sites is 1. The molecule has 0 radical (unpaired) electrons. The van der Waals surface area contributed by atoms with Crippen LogP contribution in [0.15, 0.2) is 66.3 Å². The Balaban J connectivity index is 1.91. The van der Waals surface area contributed by atoms with E-state index in [-0.39, 0.29) is 22.5 Å². The zero-order chi connectivity index (χ0) is 20.3. The molecule has 0 aliphatic carbocycles. The van der Waals surface area contributed by atoms with Crippen LogP contribution in [0.3, 0.4) is 0 Å². The first-order valence-electron chi connectivity index (χ1n) is 7.95. The van der Waals surface area contributed by atoms with Gasteiger partial charge in [0.15, 0.2) is 0 Å². The maximum Gasteiger partial charge on any atom is 0.335 e. The number of nitrogens with zero attached hydrogens (tertiary/aromatic N) is 2. The van der Waals surface area contributed by atoms with E-state index in [2.05, 4.69) is 0 Å². The number of amides is 4. The zero-order valence-corrected chi connectivity index (χ0v) is 14.2. The monoisotopic (exact) mass is 381 g/mol. The lowest BCUT2D eigenvalue weighted by Crippen LogP contribution is -2.54. The molecule has 0 saturated carbocycles. The van der Waals surface area contributed by atoms with Gasteiger partial charge in [-0.1, -0.05) is 18.2 Å². The van der Waals surface area contributed by atoms with E-state index in [0.29, 0.717) is 4.90 Å². The smallest absolute Gasteiger partial charge is 0.273 e. The Morgan fingerprint density at radius 1 is 1.04 bits per heavy atom. The van der Waals surface area contributed by atoms with E-state index in [1.165, 1.54) is 42.5 Å². The lowest BCUT2D eigenvalue weighted by molar-refractivity contribution is -0.385. The first-order valence-corrected chi connectivity index (χ1v) is 7.95. The molecule has 1 saturated heterocycles. The van der Waals surface area contributed by atoms with Crippen LogP contribution in [0, 0.1) is 15.9 Å². The Hall–Kier alpha value is -4.14. The third kappa shape index (κ3) is 3.68. The van der Waals surface area contributed by atoms with Crippen LogP contribution < -0.4 is 10.2 Å². The number of hydrogen-bond acceptors (Lipinski definition) is 5. The first kappa shape index (κ1) is 18.6. The molecule has 0 unspecified atom stereocenters. The van der Waals surface area contributed by atoms with E-state index >= 15 is 0 Å². The average molecular weight is 381 g/mol. The van der Waals surface area contributed by atoms with Crippen molar-refractivity contribution in [1.29, 1.82) is 0 Å². The van der Waals surface area contributed by atoms with E-state index in [9.17, 15) is 28.9 Å². The number of anilines is 1. The molecule has 0 aromatic heterocycles. The number of carbonyl (C=O) groups excluding carboxylic acids is 3. The zero-order valence-electron chi connectivity index (χ0n) is 14.2. The summed E-state index contributed by atoms with van der Waals surface area (Å²) in [5.74, 6) is -2.35. The van der Waals surface area contributed by atoms with Gasteiger partial charge < -0.3 is 0 Å². The fourth-order valence-corrected chi connectivity index (χ4v) is 2.54. The van der Waals surface area contributed by atoms with Crippen LogP contribution in [0.1, 0.15) is 5.56 Å². The minimum absolute atomic E-state index is 0.0879. The largest absolute Gasteiger partial charge is 0.335 e. The Labute approximate surface area is 157 Å². The molecule has 8 nitrogen and oxygen atoms in total. The summed E-state index contributed by atoms with van der Waals surface area (Å²) >= 11 is 0. The van der Waals surface area contributed by atoms with Crippen molar-refractivity contribution in [3.05, 3.63) is 87.8 Å². The van der Waals surface area contributed by atoms with E-state index in [0.717, 1.165) is 18.2 Å². The number of rotatable bonds is 4. The molecule has 9 heteroatoms. The highest BCUT2D eigenvalue weighted by molar-refractivity contribution is 6.37. The molecule has 0 atom stereocenters. The van der Waals surface area contributed by atoms with Gasteiger partial charge >= 0.3 is 6.03 Å². The Morgan fingerprint density at radius 2 is 1.71 bits per heavy atom. The molecule has 1 fully saturated rings. The molecular weight excluding hydrogens is 369 g/mol. The standard InChI is InChI=1S/C19H12FN3O5/c20-13-8-10-14(11-9-13)22-18(25)15(17(24)21-19(22)26)6-3-5-12-4-1-2-7-16(12)23(27)28/h1-11H,(H,21,24,26)/b5-3+,15-6-. The van der Waals surface area contributed by atoms with E-state index in [4.69, 9.17) is 0 Å². The van der Waals surface area contributed by atoms with Gasteiger partial charge in [-0.15, -0.1) is 0 Å². The molecule has 3 rings (SSSR count). The van der Waals surface area contributed by atoms with Gasteiger partial charge in [0, 0.05) is 6.07 Å². The Bertz CT molecular complexity index is 1040. The van der Waals surface area contributed by atoms with Crippen molar-refractivity contribution in [1.82, 2.24) is 5.32 Å². The van der Waals surface area contributed by atoms with Crippen LogP contribution in [0.4, 0.5) is 20.6 Å². The van der Waals surface area contributed by atoms with E-state index in [1.807, 2.05) is 5.32 Å². The Kier molecular flexibility index (Phi) is 5.07. The lowest BCUT2D eigenvalue weighted by atomic mass is 10.1. The third-order valence-corrected chi connectivity index (χ3v) is 3.86. The number of benzene rings is 2. The second kappa shape index (κ2) is 7.62. The molecule has 0 spiro atoms. The number of urea groups is 1. The van der Waals surface area contributed by atoms with Gasteiger partial charge in [0.05, 0.1) is 16.2 Å². The topological polar surface area (TPSA) is 110 Å². The first-order chi connectivity index (χ1) is 13.4. The molecule has 28 heavy (non-hydrogen) atoms. The SMILES string of the molecule is O=C1NC(=O)N(c2ccc(F)cc2)C(=O)/C1=C\C=C\c1ccccc1[N+](=O)[O-]. The lowest BCUT2D eigenvalue weighted by Gasteiger charge is -2.26. The van der Waals surface area contributed by atoms with Crippen molar-refractivity contribution in [3.63, 3.8) is 0 Å². The van der Waals surface area contributed by atoms with Crippen molar-refractivity contribution < 1.29 is 23.7 Å². The number of allylic oxidation sites excluding steroid dienone is 2.